The zero-order valence-electron chi connectivity index (χ0n) is 28.5. The summed E-state index contributed by atoms with van der Waals surface area (Å²) in [5.74, 6) is -3.55. The first-order chi connectivity index (χ1) is 26.2. The Labute approximate surface area is 306 Å². The first-order valence-electron chi connectivity index (χ1n) is 15.9. The van der Waals surface area contributed by atoms with Crippen LogP contribution in [0.25, 0.3) is 22.2 Å². The zero-order chi connectivity index (χ0) is 39.4. The first-order valence-corrected chi connectivity index (χ1v) is 15.9. The molecular weight excluding hydrogens is 722 g/mol. The Bertz CT molecular complexity index is 2620. The third-order valence-corrected chi connectivity index (χ3v) is 7.98. The maximum Gasteiger partial charge on any atom is 0.371 e. The third kappa shape index (κ3) is 7.72. The number of nitrogens with one attached hydrogen (secondary N) is 5. The Kier molecular flexibility index (Phi) is 9.87. The highest BCUT2D eigenvalue weighted by molar-refractivity contribution is 6.10. The van der Waals surface area contributed by atoms with E-state index in [0.717, 1.165) is 5.56 Å². The lowest BCUT2D eigenvalue weighted by molar-refractivity contribution is -0.385. The second kappa shape index (κ2) is 14.8. The molecule has 0 unspecified atom stereocenters. The van der Waals surface area contributed by atoms with Crippen molar-refractivity contribution in [3.8, 4) is 0 Å². The number of carboxylic acid groups (broad SMARTS) is 1. The van der Waals surface area contributed by atoms with Crippen LogP contribution in [0.1, 0.15) is 61.2 Å². The van der Waals surface area contributed by atoms with E-state index in [-0.39, 0.29) is 62.3 Å². The molecule has 278 valence electrons. The Morgan fingerprint density at radius 1 is 0.673 bits per heavy atom. The van der Waals surface area contributed by atoms with E-state index in [1.165, 1.54) is 60.7 Å². The number of hydrogen-bond acceptors (Lipinski definition) is 12. The summed E-state index contributed by atoms with van der Waals surface area (Å²) in [6.07, 6.45) is 0. The fourth-order valence-corrected chi connectivity index (χ4v) is 5.29. The van der Waals surface area contributed by atoms with Crippen molar-refractivity contribution < 1.29 is 43.0 Å². The van der Waals surface area contributed by atoms with Crippen molar-refractivity contribution in [3.05, 3.63) is 139 Å². The summed E-state index contributed by atoms with van der Waals surface area (Å²) >= 11 is 0. The summed E-state index contributed by atoms with van der Waals surface area (Å²) < 4.78 is 10.7. The molecule has 0 aliphatic heterocycles. The van der Waals surface area contributed by atoms with Crippen molar-refractivity contribution in [2.75, 3.05) is 10.6 Å². The molecule has 0 saturated carbocycles. The van der Waals surface area contributed by atoms with Gasteiger partial charge in [0.15, 0.2) is 28.6 Å². The molecule has 4 aromatic heterocycles. The molecule has 0 atom stereocenters. The molecule has 20 nitrogen and oxygen atoms in total. The number of carbonyl (C=O) groups is 4. The zero-order valence-corrected chi connectivity index (χ0v) is 28.5. The van der Waals surface area contributed by atoms with Crippen LogP contribution >= 0.6 is 0 Å². The Morgan fingerprint density at radius 2 is 1.11 bits per heavy atom. The van der Waals surface area contributed by atoms with Gasteiger partial charge in [0.2, 0.25) is 5.76 Å². The van der Waals surface area contributed by atoms with Crippen LogP contribution in [0.15, 0.2) is 99.8 Å². The maximum absolute atomic E-state index is 12.8. The molecule has 3 amide bonds. The number of aromatic carboxylic acids is 1. The van der Waals surface area contributed by atoms with E-state index in [1.54, 1.807) is 0 Å². The predicted molar refractivity (Wildman–Crippen MR) is 193 cm³/mol. The van der Waals surface area contributed by atoms with Gasteiger partial charge >= 0.3 is 5.97 Å². The van der Waals surface area contributed by atoms with E-state index in [4.69, 9.17) is 13.9 Å². The fourth-order valence-electron chi connectivity index (χ4n) is 5.29. The molecule has 0 aliphatic rings. The molecule has 3 aromatic carbocycles. The number of nitrogens with zero attached hydrogens (tertiary/aromatic N) is 4. The van der Waals surface area contributed by atoms with Crippen molar-refractivity contribution in [2.45, 2.75) is 19.4 Å². The molecule has 0 spiro atoms. The second-order valence-corrected chi connectivity index (χ2v) is 12.1. The van der Waals surface area contributed by atoms with Gasteiger partial charge in [-0.15, -0.1) is 0 Å². The van der Waals surface area contributed by atoms with E-state index in [2.05, 4.69) is 36.3 Å². The smallest absolute Gasteiger partial charge is 0.371 e. The molecule has 6 N–H and O–H groups in total. The van der Waals surface area contributed by atoms with Gasteiger partial charge in [0.05, 0.1) is 15.4 Å². The highest BCUT2D eigenvalue weighted by Crippen LogP contribution is 2.28. The highest BCUT2D eigenvalue weighted by atomic mass is 16.6. The van der Waals surface area contributed by atoms with Gasteiger partial charge in [-0.3, -0.25) is 44.8 Å². The van der Waals surface area contributed by atoms with Crippen LogP contribution in [0.3, 0.4) is 0 Å². The number of rotatable bonds is 10. The standard InChI is InChI=1S/C22H19N5O5.C13H8N4O6/c1-22(2,13-8-4-3-5-9-13)24-21(29)17-12-15-18(32-17)19(26-25-15)23-20(28)14-10-6-7-11-16(14)27(30)31;18-12(6-3-1-2-4-8(6)17(21)22)14-11-10-7(15-16-11)5-9(23-10)13(19)20/h3-12H,1-2H3,(H,24,29)(H2,23,25,26,28);1-5H,(H,19,20)(H2,14,15,16,18). The summed E-state index contributed by atoms with van der Waals surface area (Å²) in [4.78, 5) is 69.2. The quantitative estimate of drug-likeness (QED) is 0.0692. The highest BCUT2D eigenvalue weighted by Gasteiger charge is 2.27. The van der Waals surface area contributed by atoms with Crippen LogP contribution in [-0.2, 0) is 5.54 Å². The van der Waals surface area contributed by atoms with Crippen LogP contribution in [0.2, 0.25) is 0 Å². The van der Waals surface area contributed by atoms with Crippen LogP contribution in [-0.4, -0.2) is 59.0 Å². The number of aromatic amines is 2. The number of nitro groups is 2. The summed E-state index contributed by atoms with van der Waals surface area (Å²) in [5, 5.41) is 51.7. The van der Waals surface area contributed by atoms with Crippen molar-refractivity contribution in [3.63, 3.8) is 0 Å². The Hall–Kier alpha value is -8.16. The number of carboxylic acids is 1. The van der Waals surface area contributed by atoms with Gasteiger partial charge in [0, 0.05) is 24.3 Å². The van der Waals surface area contributed by atoms with Gasteiger partial charge in [-0.25, -0.2) is 4.79 Å². The van der Waals surface area contributed by atoms with Gasteiger partial charge in [0.25, 0.3) is 29.1 Å². The van der Waals surface area contributed by atoms with Crippen molar-refractivity contribution in [1.29, 1.82) is 0 Å². The molecule has 20 heteroatoms. The monoisotopic (exact) mass is 749 g/mol. The van der Waals surface area contributed by atoms with Gasteiger partial charge in [-0.2, -0.15) is 10.2 Å². The number of carbonyl (C=O) groups excluding carboxylic acids is 3. The number of para-hydroxylation sites is 2. The Balaban J connectivity index is 0.000000197. The maximum atomic E-state index is 12.8. The lowest BCUT2D eigenvalue weighted by atomic mass is 9.94. The van der Waals surface area contributed by atoms with Gasteiger partial charge in [-0.1, -0.05) is 54.6 Å². The molecule has 4 heterocycles. The second-order valence-electron chi connectivity index (χ2n) is 12.1. The number of hydrogen-bond donors (Lipinski definition) is 6. The largest absolute Gasteiger partial charge is 0.475 e. The lowest BCUT2D eigenvalue weighted by Crippen LogP contribution is -2.40. The van der Waals surface area contributed by atoms with Crippen LogP contribution < -0.4 is 16.0 Å². The number of amides is 3. The lowest BCUT2D eigenvalue weighted by Gasteiger charge is -2.26. The van der Waals surface area contributed by atoms with Crippen LogP contribution in [0.5, 0.6) is 0 Å². The fraction of sp³-hybridized carbons (Fsp3) is 0.0857. The van der Waals surface area contributed by atoms with Crippen molar-refractivity contribution >= 4 is 68.9 Å². The van der Waals surface area contributed by atoms with Crippen molar-refractivity contribution in [2.24, 2.45) is 0 Å². The number of H-pyrrole nitrogens is 2. The molecule has 0 bridgehead atoms. The summed E-state index contributed by atoms with van der Waals surface area (Å²) in [6, 6.07) is 23.1. The number of benzene rings is 3. The molecule has 0 aliphatic carbocycles. The normalized spacial score (nSPS) is 11.0. The van der Waals surface area contributed by atoms with Crippen molar-refractivity contribution in [1.82, 2.24) is 25.7 Å². The average molecular weight is 750 g/mol. The molecule has 7 aromatic rings. The van der Waals surface area contributed by atoms with E-state index in [1.807, 2.05) is 44.2 Å². The topological polar surface area (TPSA) is 295 Å². The van der Waals surface area contributed by atoms with E-state index >= 15 is 0 Å². The minimum absolute atomic E-state index is 0.0181. The van der Waals surface area contributed by atoms with Crippen LogP contribution in [0.4, 0.5) is 23.0 Å². The molecule has 0 saturated heterocycles. The molecular formula is C35H27N9O11. The predicted octanol–water partition coefficient (Wildman–Crippen LogP) is 6.00. The number of aromatic nitrogens is 4. The van der Waals surface area contributed by atoms with E-state index in [0.29, 0.717) is 5.52 Å². The number of furan rings is 2. The number of nitro benzene ring substituents is 2. The van der Waals surface area contributed by atoms with E-state index < -0.39 is 39.1 Å². The third-order valence-electron chi connectivity index (χ3n) is 7.98. The average Bonchev–Trinajstić information content (AvgIpc) is 3.95. The summed E-state index contributed by atoms with van der Waals surface area (Å²) in [7, 11) is 0. The first kappa shape index (κ1) is 36.6. The molecule has 0 radical (unpaired) electrons. The SMILES string of the molecule is CC(C)(NC(=O)c1cc2[nH]nc(NC(=O)c3ccccc3[N+](=O)[O-])c2o1)c1ccccc1.O=C(O)c1cc2[nH]nc(NC(=O)c3ccccc3[N+](=O)[O-])c2o1. The Morgan fingerprint density at radius 3 is 1.58 bits per heavy atom. The number of fused-ring (bicyclic) bond motifs is 2. The number of anilines is 2. The molecule has 0 fully saturated rings. The van der Waals surface area contributed by atoms with Gasteiger partial charge < -0.3 is 29.9 Å². The summed E-state index contributed by atoms with van der Waals surface area (Å²) in [6.45, 7) is 3.74. The molecule has 55 heavy (non-hydrogen) atoms. The van der Waals surface area contributed by atoms with Gasteiger partial charge in [0.1, 0.15) is 22.2 Å². The summed E-state index contributed by atoms with van der Waals surface area (Å²) in [5.41, 5.74) is 0.160. The molecule has 7 rings (SSSR count). The van der Waals surface area contributed by atoms with E-state index in [9.17, 15) is 39.4 Å². The van der Waals surface area contributed by atoms with Gasteiger partial charge in [-0.05, 0) is 31.5 Å². The minimum atomic E-state index is -1.27. The minimum Gasteiger partial charge on any atom is -0.475 e. The van der Waals surface area contributed by atoms with Crippen LogP contribution in [0, 0.1) is 20.2 Å².